The normalized spacial score (nSPS) is 10.9. The number of aromatic amines is 1. The average Bonchev–Trinajstić information content (AvgIpc) is 3.24. The Kier molecular flexibility index (Phi) is 3.05. The summed E-state index contributed by atoms with van der Waals surface area (Å²) in [5.74, 6) is 1.56. The Morgan fingerprint density at radius 2 is 2.09 bits per heavy atom. The Labute approximate surface area is 126 Å². The summed E-state index contributed by atoms with van der Waals surface area (Å²) in [6.07, 6.45) is 6.99. The molecule has 6 nitrogen and oxygen atoms in total. The third kappa shape index (κ3) is 2.20. The average molecular weight is 291 g/mol. The molecule has 0 radical (unpaired) electrons. The zero-order valence-electron chi connectivity index (χ0n) is 11.7. The van der Waals surface area contributed by atoms with Gasteiger partial charge in [-0.25, -0.2) is 9.97 Å². The molecule has 0 bridgehead atoms. The van der Waals surface area contributed by atoms with Crippen molar-refractivity contribution < 1.29 is 4.52 Å². The van der Waals surface area contributed by atoms with E-state index in [0.29, 0.717) is 6.54 Å². The molecule has 108 valence electrons. The van der Waals surface area contributed by atoms with Crippen molar-refractivity contribution in [1.82, 2.24) is 20.1 Å². The minimum atomic E-state index is 0.594. The molecule has 2 N–H and O–H groups in total. The second kappa shape index (κ2) is 5.33. The topological polar surface area (TPSA) is 79.6 Å². The van der Waals surface area contributed by atoms with Crippen LogP contribution in [-0.2, 0) is 6.54 Å². The quantitative estimate of drug-likeness (QED) is 0.603. The van der Waals surface area contributed by atoms with Gasteiger partial charge < -0.3 is 14.8 Å². The number of rotatable bonds is 4. The Morgan fingerprint density at radius 3 is 3.00 bits per heavy atom. The first-order valence-corrected chi connectivity index (χ1v) is 6.93. The SMILES string of the molecule is c1cnc(NCc2cccc3cnoc23)c(-c2ncc[nH]2)c1. The summed E-state index contributed by atoms with van der Waals surface area (Å²) in [4.78, 5) is 11.8. The van der Waals surface area contributed by atoms with Crippen LogP contribution in [-0.4, -0.2) is 20.1 Å². The van der Waals surface area contributed by atoms with Crippen molar-refractivity contribution >= 4 is 16.8 Å². The summed E-state index contributed by atoms with van der Waals surface area (Å²) in [6.45, 7) is 0.594. The number of aromatic nitrogens is 4. The fourth-order valence-electron chi connectivity index (χ4n) is 2.42. The third-order valence-corrected chi connectivity index (χ3v) is 3.47. The molecule has 3 heterocycles. The molecule has 0 amide bonds. The highest BCUT2D eigenvalue weighted by Crippen LogP contribution is 2.24. The molecule has 0 aliphatic rings. The number of H-pyrrole nitrogens is 1. The van der Waals surface area contributed by atoms with Gasteiger partial charge in [-0.15, -0.1) is 0 Å². The Balaban J connectivity index is 1.64. The van der Waals surface area contributed by atoms with Gasteiger partial charge in [0.1, 0.15) is 11.6 Å². The van der Waals surface area contributed by atoms with Crippen LogP contribution < -0.4 is 5.32 Å². The molecule has 0 saturated heterocycles. The number of benzene rings is 1. The Morgan fingerprint density at radius 1 is 1.09 bits per heavy atom. The molecular formula is C16H13N5O. The van der Waals surface area contributed by atoms with Gasteiger partial charge in [-0.05, 0) is 18.2 Å². The van der Waals surface area contributed by atoms with Crippen molar-refractivity contribution in [2.75, 3.05) is 5.32 Å². The largest absolute Gasteiger partial charge is 0.365 e. The smallest absolute Gasteiger partial charge is 0.171 e. The van der Waals surface area contributed by atoms with Crippen LogP contribution in [0, 0.1) is 0 Å². The molecule has 0 aliphatic heterocycles. The zero-order valence-corrected chi connectivity index (χ0v) is 11.7. The number of para-hydroxylation sites is 1. The lowest BCUT2D eigenvalue weighted by atomic mass is 10.1. The van der Waals surface area contributed by atoms with Crippen molar-refractivity contribution in [3.05, 3.63) is 60.7 Å². The molecule has 4 rings (SSSR count). The molecule has 0 unspecified atom stereocenters. The van der Waals surface area contributed by atoms with E-state index in [1.54, 1.807) is 24.8 Å². The maximum Gasteiger partial charge on any atom is 0.171 e. The van der Waals surface area contributed by atoms with Crippen LogP contribution in [0.15, 0.2) is 59.6 Å². The lowest BCUT2D eigenvalue weighted by molar-refractivity contribution is 0.454. The van der Waals surface area contributed by atoms with Gasteiger partial charge in [-0.1, -0.05) is 17.3 Å². The first-order valence-electron chi connectivity index (χ1n) is 6.93. The molecule has 3 aromatic heterocycles. The van der Waals surface area contributed by atoms with E-state index in [-0.39, 0.29) is 0 Å². The second-order valence-electron chi connectivity index (χ2n) is 4.85. The van der Waals surface area contributed by atoms with Crippen LogP contribution in [0.2, 0.25) is 0 Å². The molecule has 0 spiro atoms. The van der Waals surface area contributed by atoms with Crippen molar-refractivity contribution in [1.29, 1.82) is 0 Å². The van der Waals surface area contributed by atoms with Crippen LogP contribution in [0.4, 0.5) is 5.82 Å². The predicted octanol–water partition coefficient (Wildman–Crippen LogP) is 3.23. The van der Waals surface area contributed by atoms with E-state index in [1.165, 1.54) is 0 Å². The van der Waals surface area contributed by atoms with Gasteiger partial charge in [0, 0.05) is 36.1 Å². The van der Waals surface area contributed by atoms with Gasteiger partial charge in [0.25, 0.3) is 0 Å². The van der Waals surface area contributed by atoms with Gasteiger partial charge in [0.15, 0.2) is 5.58 Å². The lowest BCUT2D eigenvalue weighted by Crippen LogP contribution is -2.03. The van der Waals surface area contributed by atoms with Gasteiger partial charge in [-0.3, -0.25) is 0 Å². The standard InChI is InChI=1S/C16H13N5O/c1-3-11(14-12(4-1)10-21-22-14)9-20-16-13(5-2-6-17-16)15-18-7-8-19-15/h1-8,10H,9H2,(H,17,20)(H,18,19). The highest BCUT2D eigenvalue weighted by Gasteiger charge is 2.09. The van der Waals surface area contributed by atoms with E-state index in [0.717, 1.165) is 33.7 Å². The van der Waals surface area contributed by atoms with Crippen LogP contribution in [0.1, 0.15) is 5.56 Å². The molecule has 0 saturated carbocycles. The molecule has 22 heavy (non-hydrogen) atoms. The summed E-state index contributed by atoms with van der Waals surface area (Å²) < 4.78 is 5.31. The lowest BCUT2D eigenvalue weighted by Gasteiger charge is -2.09. The second-order valence-corrected chi connectivity index (χ2v) is 4.85. The summed E-state index contributed by atoms with van der Waals surface area (Å²) >= 11 is 0. The van der Waals surface area contributed by atoms with Crippen molar-refractivity contribution in [3.8, 4) is 11.4 Å². The molecule has 0 fully saturated rings. The summed E-state index contributed by atoms with van der Waals surface area (Å²) in [5.41, 5.74) is 2.76. The highest BCUT2D eigenvalue weighted by atomic mass is 16.5. The maximum absolute atomic E-state index is 5.31. The number of hydrogen-bond acceptors (Lipinski definition) is 5. The summed E-state index contributed by atoms with van der Waals surface area (Å²) in [7, 11) is 0. The number of anilines is 1. The number of imidazole rings is 1. The van der Waals surface area contributed by atoms with Gasteiger partial charge >= 0.3 is 0 Å². The number of fused-ring (bicyclic) bond motifs is 1. The predicted molar refractivity (Wildman–Crippen MR) is 83.2 cm³/mol. The Hall–Kier alpha value is -3.15. The van der Waals surface area contributed by atoms with Crippen molar-refractivity contribution in [2.24, 2.45) is 0 Å². The first kappa shape index (κ1) is 12.6. The number of pyridine rings is 1. The summed E-state index contributed by atoms with van der Waals surface area (Å²) in [5, 5.41) is 8.17. The van der Waals surface area contributed by atoms with E-state index in [1.807, 2.05) is 30.3 Å². The number of hydrogen-bond donors (Lipinski definition) is 2. The van der Waals surface area contributed by atoms with E-state index in [4.69, 9.17) is 4.52 Å². The van der Waals surface area contributed by atoms with E-state index >= 15 is 0 Å². The molecule has 6 heteroatoms. The van der Waals surface area contributed by atoms with Crippen LogP contribution >= 0.6 is 0 Å². The van der Waals surface area contributed by atoms with Gasteiger partial charge in [-0.2, -0.15) is 0 Å². The van der Waals surface area contributed by atoms with Crippen LogP contribution in [0.3, 0.4) is 0 Å². The van der Waals surface area contributed by atoms with E-state index < -0.39 is 0 Å². The molecule has 1 aromatic carbocycles. The first-order chi connectivity index (χ1) is 10.9. The molecule has 0 aliphatic carbocycles. The number of nitrogens with one attached hydrogen (secondary N) is 2. The maximum atomic E-state index is 5.31. The minimum Gasteiger partial charge on any atom is -0.365 e. The third-order valence-electron chi connectivity index (χ3n) is 3.47. The van der Waals surface area contributed by atoms with Gasteiger partial charge in [0.05, 0.1) is 11.8 Å². The molecule has 4 aromatic rings. The number of nitrogens with zero attached hydrogens (tertiary/aromatic N) is 3. The minimum absolute atomic E-state index is 0.594. The molecule has 0 atom stereocenters. The van der Waals surface area contributed by atoms with Crippen LogP contribution in [0.25, 0.3) is 22.4 Å². The monoisotopic (exact) mass is 291 g/mol. The van der Waals surface area contributed by atoms with E-state index in [2.05, 4.69) is 25.4 Å². The fraction of sp³-hybridized carbons (Fsp3) is 0.0625. The zero-order chi connectivity index (χ0) is 14.8. The summed E-state index contributed by atoms with van der Waals surface area (Å²) in [6, 6.07) is 9.84. The fourth-order valence-corrected chi connectivity index (χ4v) is 2.42. The highest BCUT2D eigenvalue weighted by molar-refractivity contribution is 5.79. The van der Waals surface area contributed by atoms with Crippen LogP contribution in [0.5, 0.6) is 0 Å². The molecular weight excluding hydrogens is 278 g/mol. The Bertz CT molecular complexity index is 898. The van der Waals surface area contributed by atoms with Gasteiger partial charge in [0.2, 0.25) is 0 Å². The van der Waals surface area contributed by atoms with E-state index in [9.17, 15) is 0 Å². The van der Waals surface area contributed by atoms with Crippen molar-refractivity contribution in [2.45, 2.75) is 6.54 Å². The van der Waals surface area contributed by atoms with Crippen molar-refractivity contribution in [3.63, 3.8) is 0 Å².